The molecule has 150 valence electrons. The lowest BCUT2D eigenvalue weighted by atomic mass is 10.1. The fourth-order valence-corrected chi connectivity index (χ4v) is 2.56. The van der Waals surface area contributed by atoms with Crippen LogP contribution in [0.5, 0.6) is 0 Å². The number of urea groups is 1. The molecule has 28 heavy (non-hydrogen) atoms. The second kappa shape index (κ2) is 11.1. The van der Waals surface area contributed by atoms with Crippen LogP contribution in [-0.4, -0.2) is 38.7 Å². The van der Waals surface area contributed by atoms with Crippen molar-refractivity contribution in [2.75, 3.05) is 37.0 Å². The molecule has 0 saturated heterocycles. The van der Waals surface area contributed by atoms with E-state index in [0.29, 0.717) is 30.3 Å². The number of rotatable bonds is 9. The number of nitrogens with one attached hydrogen (secondary N) is 2. The first-order valence-corrected chi connectivity index (χ1v) is 9.53. The van der Waals surface area contributed by atoms with Crippen LogP contribution in [0.1, 0.15) is 30.6 Å². The second-order valence-corrected chi connectivity index (χ2v) is 6.98. The topological polar surface area (TPSA) is 70.7 Å². The molecule has 0 atom stereocenters. The van der Waals surface area contributed by atoms with Crippen molar-refractivity contribution in [2.24, 2.45) is 5.92 Å². The minimum Gasteiger partial charge on any atom is -0.381 e. The first-order chi connectivity index (χ1) is 13.5. The van der Waals surface area contributed by atoms with Crippen molar-refractivity contribution < 1.29 is 14.3 Å². The van der Waals surface area contributed by atoms with E-state index in [2.05, 4.69) is 24.5 Å². The number of carbonyl (C=O) groups is 2. The number of ether oxygens (including phenoxy) is 1. The summed E-state index contributed by atoms with van der Waals surface area (Å²) in [5.41, 5.74) is 1.88. The summed E-state index contributed by atoms with van der Waals surface area (Å²) in [6.45, 7) is 6.07. The molecule has 0 spiro atoms. The van der Waals surface area contributed by atoms with E-state index in [1.54, 1.807) is 36.2 Å². The van der Waals surface area contributed by atoms with E-state index in [-0.39, 0.29) is 11.9 Å². The minimum atomic E-state index is -0.301. The van der Waals surface area contributed by atoms with Crippen LogP contribution in [0.4, 0.5) is 16.2 Å². The number of hydrogen-bond donors (Lipinski definition) is 2. The second-order valence-electron chi connectivity index (χ2n) is 6.98. The lowest BCUT2D eigenvalue weighted by Crippen LogP contribution is -2.30. The Kier molecular flexibility index (Phi) is 8.49. The molecule has 0 radical (unpaired) electrons. The number of nitrogens with zero attached hydrogens (tertiary/aromatic N) is 1. The van der Waals surface area contributed by atoms with Crippen LogP contribution >= 0.6 is 0 Å². The van der Waals surface area contributed by atoms with Crippen LogP contribution in [0.3, 0.4) is 0 Å². The van der Waals surface area contributed by atoms with Gasteiger partial charge in [-0.1, -0.05) is 38.1 Å². The molecule has 6 nitrogen and oxygen atoms in total. The molecule has 0 aliphatic rings. The molecule has 0 heterocycles. The van der Waals surface area contributed by atoms with Crippen LogP contribution in [0, 0.1) is 5.92 Å². The Morgan fingerprint density at radius 1 is 1.07 bits per heavy atom. The normalized spacial score (nSPS) is 10.6. The number of hydrogen-bond acceptors (Lipinski definition) is 3. The molecule has 0 aliphatic heterocycles. The molecule has 0 bridgehead atoms. The van der Waals surface area contributed by atoms with E-state index in [1.165, 1.54) is 0 Å². The third-order valence-corrected chi connectivity index (χ3v) is 4.02. The molecule has 3 amide bonds. The molecule has 2 aromatic carbocycles. The average molecular weight is 383 g/mol. The highest BCUT2D eigenvalue weighted by atomic mass is 16.5. The maximum Gasteiger partial charge on any atom is 0.319 e. The van der Waals surface area contributed by atoms with E-state index >= 15 is 0 Å². The van der Waals surface area contributed by atoms with Gasteiger partial charge in [0.25, 0.3) is 5.91 Å². The molecule has 0 fully saturated rings. The van der Waals surface area contributed by atoms with Crippen molar-refractivity contribution in [2.45, 2.75) is 20.3 Å². The molecule has 2 rings (SSSR count). The summed E-state index contributed by atoms with van der Waals surface area (Å²) in [7, 11) is 1.73. The zero-order valence-electron chi connectivity index (χ0n) is 16.8. The average Bonchev–Trinajstić information content (AvgIpc) is 2.70. The van der Waals surface area contributed by atoms with Crippen molar-refractivity contribution in [1.29, 1.82) is 0 Å². The van der Waals surface area contributed by atoms with E-state index in [1.807, 2.05) is 30.3 Å². The van der Waals surface area contributed by atoms with Crippen molar-refractivity contribution >= 4 is 23.3 Å². The molecule has 2 aromatic rings. The maximum atomic E-state index is 12.7. The molecule has 0 aliphatic carbocycles. The first kappa shape index (κ1) is 21.4. The van der Waals surface area contributed by atoms with Gasteiger partial charge >= 0.3 is 6.03 Å². The summed E-state index contributed by atoms with van der Waals surface area (Å²) < 4.78 is 5.48. The Labute approximate surface area is 166 Å². The minimum absolute atomic E-state index is 0.141. The van der Waals surface area contributed by atoms with Gasteiger partial charge in [-0.05, 0) is 42.7 Å². The lowest BCUT2D eigenvalue weighted by molar-refractivity contribution is 0.0993. The van der Waals surface area contributed by atoms with Gasteiger partial charge in [0.1, 0.15) is 0 Å². The van der Waals surface area contributed by atoms with Crippen LogP contribution in [-0.2, 0) is 4.74 Å². The third kappa shape index (κ3) is 7.04. The summed E-state index contributed by atoms with van der Waals surface area (Å²) >= 11 is 0. The molecule has 0 saturated carbocycles. The van der Waals surface area contributed by atoms with Gasteiger partial charge in [0.2, 0.25) is 0 Å². The SMILES string of the molecule is CC(C)COCCCNC(=O)Nc1cccc(C(=O)N(C)c2ccccc2)c1. The molecule has 2 N–H and O–H groups in total. The number of amides is 3. The van der Waals surface area contributed by atoms with E-state index < -0.39 is 0 Å². The number of benzene rings is 2. The van der Waals surface area contributed by atoms with E-state index in [9.17, 15) is 9.59 Å². The Hall–Kier alpha value is -2.86. The zero-order valence-corrected chi connectivity index (χ0v) is 16.8. The van der Waals surface area contributed by atoms with E-state index in [0.717, 1.165) is 18.7 Å². The fraction of sp³-hybridized carbons (Fsp3) is 0.364. The summed E-state index contributed by atoms with van der Waals surface area (Å²) in [5, 5.41) is 5.55. The Balaban J connectivity index is 1.83. The van der Waals surface area contributed by atoms with Gasteiger partial charge in [-0.25, -0.2) is 4.79 Å². The molecular formula is C22H29N3O3. The largest absolute Gasteiger partial charge is 0.381 e. The molecule has 0 unspecified atom stereocenters. The van der Waals surface area contributed by atoms with Crippen LogP contribution < -0.4 is 15.5 Å². The number of anilines is 2. The van der Waals surface area contributed by atoms with E-state index in [4.69, 9.17) is 4.74 Å². The molecule has 0 aromatic heterocycles. The van der Waals surface area contributed by atoms with Gasteiger partial charge in [0.15, 0.2) is 0 Å². The lowest BCUT2D eigenvalue weighted by Gasteiger charge is -2.17. The van der Waals surface area contributed by atoms with Crippen molar-refractivity contribution in [3.8, 4) is 0 Å². The molecular weight excluding hydrogens is 354 g/mol. The predicted molar refractivity (Wildman–Crippen MR) is 113 cm³/mol. The number of carbonyl (C=O) groups excluding carboxylic acids is 2. The summed E-state index contributed by atoms with van der Waals surface area (Å²) in [6.07, 6.45) is 0.751. The van der Waals surface area contributed by atoms with Crippen LogP contribution in [0.15, 0.2) is 54.6 Å². The standard InChI is InChI=1S/C22H29N3O3/c1-17(2)16-28-14-8-13-23-22(27)24-19-10-7-9-18(15-19)21(26)25(3)20-11-5-4-6-12-20/h4-7,9-12,15,17H,8,13-14,16H2,1-3H3,(H2,23,24,27). The Morgan fingerprint density at radius 2 is 1.82 bits per heavy atom. The highest BCUT2D eigenvalue weighted by molar-refractivity contribution is 6.06. The highest BCUT2D eigenvalue weighted by Crippen LogP contribution is 2.17. The van der Waals surface area contributed by atoms with Gasteiger partial charge in [-0.15, -0.1) is 0 Å². The maximum absolute atomic E-state index is 12.7. The Bertz CT molecular complexity index is 763. The monoisotopic (exact) mass is 383 g/mol. The summed E-state index contributed by atoms with van der Waals surface area (Å²) in [5.74, 6) is 0.365. The third-order valence-electron chi connectivity index (χ3n) is 4.02. The van der Waals surface area contributed by atoms with Gasteiger partial charge in [0, 0.05) is 43.7 Å². The number of para-hydroxylation sites is 1. The highest BCUT2D eigenvalue weighted by Gasteiger charge is 2.14. The van der Waals surface area contributed by atoms with Crippen molar-refractivity contribution in [3.05, 3.63) is 60.2 Å². The predicted octanol–water partition coefficient (Wildman–Crippen LogP) is 4.15. The summed E-state index contributed by atoms with van der Waals surface area (Å²) in [6, 6.07) is 16.0. The van der Waals surface area contributed by atoms with Gasteiger partial charge in [-0.3, -0.25) is 4.79 Å². The smallest absolute Gasteiger partial charge is 0.319 e. The van der Waals surface area contributed by atoms with Crippen LogP contribution in [0.25, 0.3) is 0 Å². The first-order valence-electron chi connectivity index (χ1n) is 9.53. The summed E-state index contributed by atoms with van der Waals surface area (Å²) in [4.78, 5) is 26.3. The zero-order chi connectivity index (χ0) is 20.4. The molecule has 6 heteroatoms. The van der Waals surface area contributed by atoms with Gasteiger partial charge in [-0.2, -0.15) is 0 Å². The van der Waals surface area contributed by atoms with Gasteiger partial charge in [0.05, 0.1) is 0 Å². The van der Waals surface area contributed by atoms with Crippen molar-refractivity contribution in [3.63, 3.8) is 0 Å². The fourth-order valence-electron chi connectivity index (χ4n) is 2.56. The van der Waals surface area contributed by atoms with Crippen LogP contribution in [0.2, 0.25) is 0 Å². The van der Waals surface area contributed by atoms with Crippen molar-refractivity contribution in [1.82, 2.24) is 5.32 Å². The Morgan fingerprint density at radius 3 is 2.54 bits per heavy atom. The van der Waals surface area contributed by atoms with Gasteiger partial charge < -0.3 is 20.3 Å². The quantitative estimate of drug-likeness (QED) is 0.639.